The summed E-state index contributed by atoms with van der Waals surface area (Å²) in [5.41, 5.74) is 0.621. The zero-order chi connectivity index (χ0) is 22.6. The maximum atomic E-state index is 13.8. The van der Waals surface area contributed by atoms with Crippen molar-refractivity contribution < 1.29 is 18.9 Å². The summed E-state index contributed by atoms with van der Waals surface area (Å²) in [7, 11) is 1.80. The molecule has 0 unspecified atom stereocenters. The normalized spacial score (nSPS) is 24.5. The number of carbonyl (C=O) groups excluding carboxylic acids is 2. The number of anilines is 1. The lowest BCUT2D eigenvalue weighted by atomic mass is 9.71. The van der Waals surface area contributed by atoms with Gasteiger partial charge in [-0.2, -0.15) is 0 Å². The number of rotatable bonds is 4. The first-order valence-corrected chi connectivity index (χ1v) is 10.8. The van der Waals surface area contributed by atoms with Gasteiger partial charge in [-0.1, -0.05) is 28.1 Å². The largest absolute Gasteiger partial charge is 0.461 e. The molecule has 2 aliphatic rings. The number of nitro benzene ring substituents is 1. The van der Waals surface area contributed by atoms with E-state index in [9.17, 15) is 19.7 Å². The predicted octanol–water partition coefficient (Wildman–Crippen LogP) is 4.33. The molecule has 1 aromatic heterocycles. The lowest BCUT2D eigenvalue weighted by molar-refractivity contribution is -0.384. The molecule has 0 saturated carbocycles. The SMILES string of the molecule is CN1C[C@H](c2cccc([N+](=O)[O-])c2)[C@@H](C(=O)c2ccco2)[C@]12C(=O)Nc1ccc(Br)cc12. The molecule has 1 fully saturated rings. The van der Waals surface area contributed by atoms with E-state index < -0.39 is 22.3 Å². The zero-order valence-corrected chi connectivity index (χ0v) is 18.5. The Balaban J connectivity index is 1.74. The van der Waals surface area contributed by atoms with Gasteiger partial charge in [0.1, 0.15) is 5.54 Å². The number of non-ortho nitro benzene ring substituents is 1. The fraction of sp³-hybridized carbons (Fsp3) is 0.217. The van der Waals surface area contributed by atoms with Crippen molar-refractivity contribution in [1.82, 2.24) is 4.90 Å². The van der Waals surface area contributed by atoms with Crippen LogP contribution in [0.1, 0.15) is 27.6 Å². The van der Waals surface area contributed by atoms with Crippen LogP contribution in [0.25, 0.3) is 0 Å². The molecule has 32 heavy (non-hydrogen) atoms. The maximum absolute atomic E-state index is 13.8. The maximum Gasteiger partial charge on any atom is 0.269 e. The summed E-state index contributed by atoms with van der Waals surface area (Å²) < 4.78 is 6.20. The van der Waals surface area contributed by atoms with E-state index in [1.54, 1.807) is 37.4 Å². The molecule has 3 heterocycles. The van der Waals surface area contributed by atoms with E-state index >= 15 is 0 Å². The number of halogens is 1. The number of amides is 1. The molecule has 1 spiro atoms. The molecule has 8 nitrogen and oxygen atoms in total. The third-order valence-corrected chi connectivity index (χ3v) is 6.96. The van der Waals surface area contributed by atoms with Gasteiger partial charge in [-0.15, -0.1) is 0 Å². The molecule has 0 bridgehead atoms. The van der Waals surface area contributed by atoms with Gasteiger partial charge < -0.3 is 9.73 Å². The molecule has 0 aliphatic carbocycles. The highest BCUT2D eigenvalue weighted by Crippen LogP contribution is 2.56. The molecule has 2 aliphatic heterocycles. The van der Waals surface area contributed by atoms with Crippen LogP contribution in [-0.4, -0.2) is 35.1 Å². The van der Waals surface area contributed by atoms with Crippen molar-refractivity contribution in [1.29, 1.82) is 0 Å². The monoisotopic (exact) mass is 495 g/mol. The minimum Gasteiger partial charge on any atom is -0.461 e. The second-order valence-corrected chi connectivity index (χ2v) is 8.98. The van der Waals surface area contributed by atoms with E-state index in [4.69, 9.17) is 4.42 Å². The number of carbonyl (C=O) groups is 2. The number of fused-ring (bicyclic) bond motifs is 2. The molecule has 162 valence electrons. The third-order valence-electron chi connectivity index (χ3n) is 6.47. The molecule has 5 rings (SSSR count). The average Bonchev–Trinajstić information content (AvgIpc) is 3.47. The van der Waals surface area contributed by atoms with Gasteiger partial charge in [0.25, 0.3) is 5.69 Å². The first kappa shape index (κ1) is 20.6. The summed E-state index contributed by atoms with van der Waals surface area (Å²) in [5, 5.41) is 14.3. The van der Waals surface area contributed by atoms with Gasteiger partial charge in [0.15, 0.2) is 5.76 Å². The lowest BCUT2D eigenvalue weighted by Gasteiger charge is -2.35. The molecule has 2 aromatic carbocycles. The minimum absolute atomic E-state index is 0.0608. The minimum atomic E-state index is -1.28. The standard InChI is InChI=1S/C23H18BrN3O5/c1-26-12-16(13-4-2-5-15(10-13)27(30)31)20(21(28)19-6-3-9-32-19)23(26)17-11-14(24)7-8-18(17)25-22(23)29/h2-11,16,20H,12H2,1H3,(H,25,29)/t16-,20+,23-/m1/s1. The van der Waals surface area contributed by atoms with Gasteiger partial charge in [0, 0.05) is 40.3 Å². The number of nitro groups is 1. The van der Waals surface area contributed by atoms with E-state index in [1.807, 2.05) is 17.0 Å². The second kappa shape index (κ2) is 7.39. The van der Waals surface area contributed by atoms with E-state index in [2.05, 4.69) is 21.2 Å². The van der Waals surface area contributed by atoms with Crippen LogP contribution < -0.4 is 5.32 Å². The Morgan fingerprint density at radius 1 is 1.25 bits per heavy atom. The van der Waals surface area contributed by atoms with E-state index in [-0.39, 0.29) is 23.1 Å². The van der Waals surface area contributed by atoms with Crippen molar-refractivity contribution in [2.45, 2.75) is 11.5 Å². The summed E-state index contributed by atoms with van der Waals surface area (Å²) in [6, 6.07) is 14.9. The van der Waals surface area contributed by atoms with Crippen LogP contribution in [0.15, 0.2) is 69.8 Å². The average molecular weight is 496 g/mol. The first-order chi connectivity index (χ1) is 15.3. The highest BCUT2D eigenvalue weighted by atomic mass is 79.9. The Labute approximate surface area is 191 Å². The summed E-state index contributed by atoms with van der Waals surface area (Å²) in [6.45, 7) is 0.359. The number of likely N-dealkylation sites (tertiary alicyclic amines) is 1. The van der Waals surface area contributed by atoms with Gasteiger partial charge in [0.2, 0.25) is 11.7 Å². The Kier molecular flexibility index (Phi) is 4.75. The number of nitrogens with one attached hydrogen (secondary N) is 1. The molecule has 1 amide bonds. The van der Waals surface area contributed by atoms with E-state index in [0.29, 0.717) is 23.4 Å². The number of benzene rings is 2. The number of ketones is 1. The fourth-order valence-electron chi connectivity index (χ4n) is 5.15. The fourth-order valence-corrected chi connectivity index (χ4v) is 5.51. The summed E-state index contributed by atoms with van der Waals surface area (Å²) in [4.78, 5) is 40.2. The Morgan fingerprint density at radius 2 is 2.06 bits per heavy atom. The van der Waals surface area contributed by atoms with Crippen molar-refractivity contribution in [2.24, 2.45) is 5.92 Å². The number of hydrogen-bond acceptors (Lipinski definition) is 6. The van der Waals surface area contributed by atoms with Crippen molar-refractivity contribution in [2.75, 3.05) is 18.9 Å². The molecule has 9 heteroatoms. The van der Waals surface area contributed by atoms with Gasteiger partial charge in [-0.05, 0) is 42.9 Å². The molecule has 1 N–H and O–H groups in total. The molecular formula is C23H18BrN3O5. The Morgan fingerprint density at radius 3 is 2.78 bits per heavy atom. The number of Topliss-reactive ketones (excluding diaryl/α,β-unsaturated/α-hetero) is 1. The molecular weight excluding hydrogens is 478 g/mol. The van der Waals surface area contributed by atoms with Gasteiger partial charge in [-0.3, -0.25) is 24.6 Å². The zero-order valence-electron chi connectivity index (χ0n) is 16.9. The van der Waals surface area contributed by atoms with Crippen LogP contribution in [0, 0.1) is 16.0 Å². The molecule has 1 saturated heterocycles. The van der Waals surface area contributed by atoms with Crippen LogP contribution in [-0.2, 0) is 10.3 Å². The van der Waals surface area contributed by atoms with Crippen LogP contribution in [0.3, 0.4) is 0 Å². The number of hydrogen-bond donors (Lipinski definition) is 1. The highest BCUT2D eigenvalue weighted by Gasteiger charge is 2.64. The van der Waals surface area contributed by atoms with Crippen molar-refractivity contribution >= 4 is 39.0 Å². The molecule has 0 radical (unpaired) electrons. The number of nitrogens with zero attached hydrogens (tertiary/aromatic N) is 2. The quantitative estimate of drug-likeness (QED) is 0.328. The predicted molar refractivity (Wildman–Crippen MR) is 119 cm³/mol. The van der Waals surface area contributed by atoms with Crippen LogP contribution in [0.5, 0.6) is 0 Å². The smallest absolute Gasteiger partial charge is 0.269 e. The highest BCUT2D eigenvalue weighted by molar-refractivity contribution is 9.10. The van der Waals surface area contributed by atoms with E-state index in [0.717, 1.165) is 4.47 Å². The summed E-state index contributed by atoms with van der Waals surface area (Å²) in [5.74, 6) is -1.79. The summed E-state index contributed by atoms with van der Waals surface area (Å²) in [6.07, 6.45) is 1.42. The van der Waals surface area contributed by atoms with Crippen molar-refractivity contribution in [3.8, 4) is 0 Å². The third kappa shape index (κ3) is 2.85. The van der Waals surface area contributed by atoms with Crippen LogP contribution >= 0.6 is 15.9 Å². The Bertz CT molecular complexity index is 1260. The Hall–Kier alpha value is -3.30. The van der Waals surface area contributed by atoms with Crippen molar-refractivity contribution in [3.63, 3.8) is 0 Å². The van der Waals surface area contributed by atoms with Crippen molar-refractivity contribution in [3.05, 3.63) is 92.3 Å². The molecule has 3 atom stereocenters. The van der Waals surface area contributed by atoms with E-state index in [1.165, 1.54) is 18.4 Å². The number of likely N-dealkylation sites (N-methyl/N-ethyl adjacent to an activating group) is 1. The lowest BCUT2D eigenvalue weighted by Crippen LogP contribution is -2.51. The van der Waals surface area contributed by atoms with Gasteiger partial charge in [-0.25, -0.2) is 0 Å². The topological polar surface area (TPSA) is 106 Å². The number of furan rings is 1. The van der Waals surface area contributed by atoms with Gasteiger partial charge >= 0.3 is 0 Å². The van der Waals surface area contributed by atoms with Crippen LogP contribution in [0.2, 0.25) is 0 Å². The summed E-state index contributed by atoms with van der Waals surface area (Å²) >= 11 is 3.48. The first-order valence-electron chi connectivity index (χ1n) is 9.99. The molecule has 3 aromatic rings. The van der Waals surface area contributed by atoms with Crippen LogP contribution in [0.4, 0.5) is 11.4 Å². The second-order valence-electron chi connectivity index (χ2n) is 8.07. The van der Waals surface area contributed by atoms with Gasteiger partial charge in [0.05, 0.1) is 17.1 Å².